The molecule has 3 rings (SSSR count). The first kappa shape index (κ1) is 24.9. The van der Waals surface area contributed by atoms with Crippen LogP contribution in [0.4, 0.5) is 11.4 Å². The number of esters is 1. The maximum absolute atomic E-state index is 13.1. The molecule has 0 unspecified atom stereocenters. The van der Waals surface area contributed by atoms with Crippen LogP contribution in [0.15, 0.2) is 54.6 Å². The summed E-state index contributed by atoms with van der Waals surface area (Å²) in [6.45, 7) is 0. The predicted molar refractivity (Wildman–Crippen MR) is 130 cm³/mol. The van der Waals surface area contributed by atoms with Crippen molar-refractivity contribution in [1.29, 1.82) is 0 Å². The third kappa shape index (κ3) is 5.41. The number of hydrogen-bond donors (Lipinski definition) is 2. The highest BCUT2D eigenvalue weighted by Crippen LogP contribution is 2.30. The molecule has 0 bridgehead atoms. The summed E-state index contributed by atoms with van der Waals surface area (Å²) in [5.74, 6) is -1.32. The van der Waals surface area contributed by atoms with E-state index in [0.717, 1.165) is 0 Å². The minimum absolute atomic E-state index is 0.0436. The van der Waals surface area contributed by atoms with E-state index < -0.39 is 17.8 Å². The second-order valence-corrected chi connectivity index (χ2v) is 7.67. The number of ether oxygens (including phenoxy) is 3. The molecule has 10 heteroatoms. The summed E-state index contributed by atoms with van der Waals surface area (Å²) in [6.07, 6.45) is 0. The number of rotatable bonds is 7. The second kappa shape index (κ2) is 10.9. The van der Waals surface area contributed by atoms with Gasteiger partial charge in [0.1, 0.15) is 17.1 Å². The molecule has 2 amide bonds. The smallest absolute Gasteiger partial charge is 0.339 e. The largest absolute Gasteiger partial charge is 0.496 e. The summed E-state index contributed by atoms with van der Waals surface area (Å²) < 4.78 is 15.4. The number of halogens is 2. The first-order valence-corrected chi connectivity index (χ1v) is 10.6. The van der Waals surface area contributed by atoms with E-state index in [0.29, 0.717) is 15.7 Å². The van der Waals surface area contributed by atoms with Crippen molar-refractivity contribution in [2.24, 2.45) is 0 Å². The van der Waals surface area contributed by atoms with E-state index in [4.69, 9.17) is 37.4 Å². The van der Waals surface area contributed by atoms with Crippen LogP contribution in [0.1, 0.15) is 31.1 Å². The predicted octanol–water partition coefficient (Wildman–Crippen LogP) is 5.30. The highest BCUT2D eigenvalue weighted by atomic mass is 35.5. The van der Waals surface area contributed by atoms with Crippen LogP contribution in [0.2, 0.25) is 10.0 Å². The molecule has 0 heterocycles. The van der Waals surface area contributed by atoms with Gasteiger partial charge in [0.05, 0.1) is 43.3 Å². The maximum Gasteiger partial charge on any atom is 0.339 e. The summed E-state index contributed by atoms with van der Waals surface area (Å²) in [7, 11) is 4.04. The fraction of sp³-hybridized carbons (Fsp3) is 0.125. The second-order valence-electron chi connectivity index (χ2n) is 6.82. The molecule has 0 fully saturated rings. The lowest BCUT2D eigenvalue weighted by Gasteiger charge is -2.15. The molecule has 34 heavy (non-hydrogen) atoms. The van der Waals surface area contributed by atoms with Gasteiger partial charge in [0, 0.05) is 10.6 Å². The van der Waals surface area contributed by atoms with Crippen molar-refractivity contribution in [2.45, 2.75) is 0 Å². The Morgan fingerprint density at radius 3 is 2.03 bits per heavy atom. The van der Waals surface area contributed by atoms with Gasteiger partial charge in [-0.2, -0.15) is 0 Å². The molecule has 0 aliphatic heterocycles. The summed E-state index contributed by atoms with van der Waals surface area (Å²) in [4.78, 5) is 38.3. The Kier molecular flexibility index (Phi) is 7.99. The lowest BCUT2D eigenvalue weighted by Crippen LogP contribution is -2.19. The van der Waals surface area contributed by atoms with Crippen molar-refractivity contribution in [3.05, 3.63) is 81.3 Å². The number of carbonyl (C=O) groups is 3. The molecule has 0 aliphatic rings. The maximum atomic E-state index is 13.1. The summed E-state index contributed by atoms with van der Waals surface area (Å²) in [6, 6.07) is 13.6. The zero-order valence-electron chi connectivity index (χ0n) is 18.4. The Bertz CT molecular complexity index is 1240. The van der Waals surface area contributed by atoms with Gasteiger partial charge in [0.25, 0.3) is 11.8 Å². The van der Waals surface area contributed by atoms with Crippen LogP contribution in [0.25, 0.3) is 0 Å². The van der Waals surface area contributed by atoms with Crippen molar-refractivity contribution in [1.82, 2.24) is 0 Å². The van der Waals surface area contributed by atoms with Crippen LogP contribution < -0.4 is 20.1 Å². The topological polar surface area (TPSA) is 103 Å². The molecule has 0 spiro atoms. The standard InChI is InChI=1S/C24H20Cl2N2O6/c1-32-19-5-4-6-20(33-2)21(19)23(30)27-17-11-13(7-9-15(17)24(31)34-3)22(29)28-18-12-14(25)8-10-16(18)26/h4-12H,1-3H3,(H,27,30)(H,28,29). The number of carbonyl (C=O) groups excluding carboxylic acids is 3. The van der Waals surface area contributed by atoms with Gasteiger partial charge in [-0.1, -0.05) is 29.3 Å². The van der Waals surface area contributed by atoms with Gasteiger partial charge >= 0.3 is 5.97 Å². The molecule has 2 N–H and O–H groups in total. The molecule has 176 valence electrons. The van der Waals surface area contributed by atoms with Gasteiger partial charge < -0.3 is 24.8 Å². The normalized spacial score (nSPS) is 10.3. The molecule has 0 atom stereocenters. The van der Waals surface area contributed by atoms with E-state index in [1.807, 2.05) is 0 Å². The zero-order valence-corrected chi connectivity index (χ0v) is 19.9. The Morgan fingerprint density at radius 2 is 1.41 bits per heavy atom. The number of nitrogens with one attached hydrogen (secondary N) is 2. The van der Waals surface area contributed by atoms with Gasteiger partial charge in [-0.05, 0) is 48.5 Å². The molecule has 8 nitrogen and oxygen atoms in total. The van der Waals surface area contributed by atoms with Crippen LogP contribution >= 0.6 is 23.2 Å². The van der Waals surface area contributed by atoms with Crippen molar-refractivity contribution >= 4 is 52.4 Å². The van der Waals surface area contributed by atoms with E-state index in [1.165, 1.54) is 45.6 Å². The van der Waals surface area contributed by atoms with Crippen molar-refractivity contribution < 1.29 is 28.6 Å². The fourth-order valence-corrected chi connectivity index (χ4v) is 3.46. The summed E-state index contributed by atoms with van der Waals surface area (Å²) in [5.41, 5.74) is 0.659. The van der Waals surface area contributed by atoms with Crippen LogP contribution in [-0.2, 0) is 4.74 Å². The average Bonchev–Trinajstić information content (AvgIpc) is 2.84. The van der Waals surface area contributed by atoms with Crippen LogP contribution in [-0.4, -0.2) is 39.1 Å². The van der Waals surface area contributed by atoms with Crippen LogP contribution in [0.3, 0.4) is 0 Å². The lowest BCUT2D eigenvalue weighted by atomic mass is 10.1. The first-order chi connectivity index (χ1) is 16.3. The Hall–Kier alpha value is -3.75. The van der Waals surface area contributed by atoms with E-state index in [9.17, 15) is 14.4 Å². The van der Waals surface area contributed by atoms with E-state index in [-0.39, 0.29) is 33.9 Å². The molecular weight excluding hydrogens is 483 g/mol. The quantitative estimate of drug-likeness (QED) is 0.424. The lowest BCUT2D eigenvalue weighted by molar-refractivity contribution is 0.0601. The van der Waals surface area contributed by atoms with Crippen molar-refractivity contribution in [3.63, 3.8) is 0 Å². The Labute approximate surface area is 205 Å². The van der Waals surface area contributed by atoms with E-state index >= 15 is 0 Å². The van der Waals surface area contributed by atoms with Gasteiger partial charge in [0.15, 0.2) is 0 Å². The van der Waals surface area contributed by atoms with Gasteiger partial charge in [-0.25, -0.2) is 4.79 Å². The molecule has 3 aromatic carbocycles. The first-order valence-electron chi connectivity index (χ1n) is 9.80. The third-order valence-electron chi connectivity index (χ3n) is 4.77. The van der Waals surface area contributed by atoms with Crippen molar-refractivity contribution in [2.75, 3.05) is 32.0 Å². The minimum Gasteiger partial charge on any atom is -0.496 e. The minimum atomic E-state index is -0.702. The average molecular weight is 503 g/mol. The SMILES string of the molecule is COC(=O)c1ccc(C(=O)Nc2cc(Cl)ccc2Cl)cc1NC(=O)c1c(OC)cccc1OC. The van der Waals surface area contributed by atoms with Crippen LogP contribution in [0.5, 0.6) is 11.5 Å². The van der Waals surface area contributed by atoms with Gasteiger partial charge in [0.2, 0.25) is 0 Å². The summed E-state index contributed by atoms with van der Waals surface area (Å²) >= 11 is 12.1. The van der Waals surface area contributed by atoms with Gasteiger partial charge in [-0.15, -0.1) is 0 Å². The Morgan fingerprint density at radius 1 is 0.765 bits per heavy atom. The van der Waals surface area contributed by atoms with E-state index in [2.05, 4.69) is 10.6 Å². The number of anilines is 2. The Balaban J connectivity index is 1.99. The van der Waals surface area contributed by atoms with Crippen LogP contribution in [0, 0.1) is 0 Å². The van der Waals surface area contributed by atoms with Gasteiger partial charge in [-0.3, -0.25) is 9.59 Å². The summed E-state index contributed by atoms with van der Waals surface area (Å²) in [5, 5.41) is 5.98. The molecule has 0 saturated heterocycles. The zero-order chi connectivity index (χ0) is 24.8. The number of benzene rings is 3. The molecule has 0 radical (unpaired) electrons. The van der Waals surface area contributed by atoms with Crippen molar-refractivity contribution in [3.8, 4) is 11.5 Å². The number of amides is 2. The molecule has 3 aromatic rings. The highest BCUT2D eigenvalue weighted by Gasteiger charge is 2.22. The number of hydrogen-bond acceptors (Lipinski definition) is 6. The fourth-order valence-electron chi connectivity index (χ4n) is 3.12. The monoisotopic (exact) mass is 502 g/mol. The molecule has 0 saturated carbocycles. The number of methoxy groups -OCH3 is 3. The van der Waals surface area contributed by atoms with E-state index in [1.54, 1.807) is 30.3 Å². The molecule has 0 aromatic heterocycles. The third-order valence-corrected chi connectivity index (χ3v) is 5.33. The molecular formula is C24H20Cl2N2O6. The molecule has 0 aliphatic carbocycles. The highest BCUT2D eigenvalue weighted by molar-refractivity contribution is 6.36.